The number of carbonyl (C=O) groups is 2. The van der Waals surface area contributed by atoms with Gasteiger partial charge in [0.05, 0.1) is 13.2 Å². The molecule has 2 N–H and O–H groups in total. The fourth-order valence-corrected chi connectivity index (χ4v) is 3.04. The van der Waals surface area contributed by atoms with Crippen LogP contribution in [0.2, 0.25) is 0 Å². The number of rotatable bonds is 8. The Morgan fingerprint density at radius 3 is 2.27 bits per heavy atom. The first-order valence-electron chi connectivity index (χ1n) is 9.49. The Morgan fingerprint density at radius 1 is 0.967 bits per heavy atom. The van der Waals surface area contributed by atoms with E-state index >= 15 is 0 Å². The molecule has 3 aromatic carbocycles. The predicted molar refractivity (Wildman–Crippen MR) is 112 cm³/mol. The van der Waals surface area contributed by atoms with Crippen LogP contribution in [0, 0.1) is 0 Å². The Morgan fingerprint density at radius 2 is 1.63 bits per heavy atom. The van der Waals surface area contributed by atoms with Crippen molar-refractivity contribution in [3.63, 3.8) is 0 Å². The molecule has 0 bridgehead atoms. The molecule has 6 nitrogen and oxygen atoms in total. The van der Waals surface area contributed by atoms with Gasteiger partial charge in [0, 0.05) is 6.07 Å². The van der Waals surface area contributed by atoms with Gasteiger partial charge in [-0.1, -0.05) is 60.7 Å². The zero-order valence-corrected chi connectivity index (χ0v) is 16.6. The van der Waals surface area contributed by atoms with E-state index in [4.69, 9.17) is 9.47 Å². The van der Waals surface area contributed by atoms with Crippen LogP contribution in [-0.2, 0) is 16.0 Å². The molecule has 1 atom stereocenters. The standard InChI is InChI=1S/C24H23NO5/c1-29-19-12-13-20(22(26)15-19)24(28)30-16-23(27)25-21(18-10-6-3-7-11-18)14-17-8-4-2-5-9-17/h2-13,15,21,26H,14,16H2,1H3,(H,25,27)/t21-/m0/s1. The normalized spacial score (nSPS) is 11.4. The van der Waals surface area contributed by atoms with Gasteiger partial charge in [0.1, 0.15) is 17.1 Å². The molecule has 0 fully saturated rings. The summed E-state index contributed by atoms with van der Waals surface area (Å²) in [5.41, 5.74) is 1.99. The van der Waals surface area contributed by atoms with E-state index in [2.05, 4.69) is 5.32 Å². The maximum Gasteiger partial charge on any atom is 0.342 e. The Labute approximate surface area is 175 Å². The molecule has 154 valence electrons. The number of benzene rings is 3. The molecule has 0 spiro atoms. The van der Waals surface area contributed by atoms with Crippen molar-refractivity contribution in [3.8, 4) is 11.5 Å². The number of phenols is 1. The maximum atomic E-state index is 12.5. The third-order valence-corrected chi connectivity index (χ3v) is 4.58. The van der Waals surface area contributed by atoms with Gasteiger partial charge in [-0.15, -0.1) is 0 Å². The molecule has 3 aromatic rings. The summed E-state index contributed by atoms with van der Waals surface area (Å²) in [6.07, 6.45) is 0.601. The second kappa shape index (κ2) is 10.1. The molecule has 0 unspecified atom stereocenters. The van der Waals surface area contributed by atoms with E-state index < -0.39 is 18.5 Å². The second-order valence-electron chi connectivity index (χ2n) is 6.68. The zero-order chi connectivity index (χ0) is 21.3. The molecule has 6 heteroatoms. The van der Waals surface area contributed by atoms with Crippen molar-refractivity contribution in [2.24, 2.45) is 0 Å². The van der Waals surface area contributed by atoms with Crippen LogP contribution in [0.25, 0.3) is 0 Å². The summed E-state index contributed by atoms with van der Waals surface area (Å²) in [5, 5.41) is 12.9. The minimum atomic E-state index is -0.787. The first kappa shape index (κ1) is 20.9. The van der Waals surface area contributed by atoms with Gasteiger partial charge in [-0.05, 0) is 29.7 Å². The lowest BCUT2D eigenvalue weighted by atomic mass is 9.99. The van der Waals surface area contributed by atoms with Gasteiger partial charge in [-0.25, -0.2) is 4.79 Å². The molecule has 3 rings (SSSR count). The number of carbonyl (C=O) groups excluding carboxylic acids is 2. The minimum Gasteiger partial charge on any atom is -0.507 e. The molecular formula is C24H23NO5. The third-order valence-electron chi connectivity index (χ3n) is 4.58. The van der Waals surface area contributed by atoms with Crippen LogP contribution in [-0.4, -0.2) is 30.7 Å². The van der Waals surface area contributed by atoms with Gasteiger partial charge in [0.15, 0.2) is 6.61 Å². The van der Waals surface area contributed by atoms with E-state index in [0.29, 0.717) is 12.2 Å². The number of hydrogen-bond acceptors (Lipinski definition) is 5. The number of hydrogen-bond donors (Lipinski definition) is 2. The maximum absolute atomic E-state index is 12.5. The van der Waals surface area contributed by atoms with Gasteiger partial charge in [-0.3, -0.25) is 4.79 Å². The van der Waals surface area contributed by atoms with Crippen LogP contribution < -0.4 is 10.1 Å². The number of aromatic hydroxyl groups is 1. The average Bonchev–Trinajstić information content (AvgIpc) is 2.78. The quantitative estimate of drug-likeness (QED) is 0.559. The zero-order valence-electron chi connectivity index (χ0n) is 16.6. The van der Waals surface area contributed by atoms with E-state index in [9.17, 15) is 14.7 Å². The molecule has 0 aliphatic carbocycles. The largest absolute Gasteiger partial charge is 0.507 e. The van der Waals surface area contributed by atoms with Crippen molar-refractivity contribution < 1.29 is 24.2 Å². The SMILES string of the molecule is COc1ccc(C(=O)OCC(=O)N[C@@H](Cc2ccccc2)c2ccccc2)c(O)c1. The van der Waals surface area contributed by atoms with Crippen LogP contribution in [0.3, 0.4) is 0 Å². The van der Waals surface area contributed by atoms with E-state index in [1.165, 1.54) is 25.3 Å². The molecule has 0 aliphatic rings. The Bertz CT molecular complexity index is 989. The highest BCUT2D eigenvalue weighted by Gasteiger charge is 2.18. The fourth-order valence-electron chi connectivity index (χ4n) is 3.04. The summed E-state index contributed by atoms with van der Waals surface area (Å²) in [6.45, 7) is -0.456. The van der Waals surface area contributed by atoms with Crippen LogP contribution >= 0.6 is 0 Å². The molecule has 0 saturated heterocycles. The Balaban J connectivity index is 1.63. The van der Waals surface area contributed by atoms with Crippen LogP contribution in [0.5, 0.6) is 11.5 Å². The average molecular weight is 405 g/mol. The summed E-state index contributed by atoms with van der Waals surface area (Å²) in [4.78, 5) is 24.7. The molecule has 0 saturated carbocycles. The number of nitrogens with one attached hydrogen (secondary N) is 1. The smallest absolute Gasteiger partial charge is 0.342 e. The molecule has 1 amide bonds. The highest BCUT2D eigenvalue weighted by molar-refractivity contribution is 5.94. The van der Waals surface area contributed by atoms with Gasteiger partial charge < -0.3 is 19.9 Å². The topological polar surface area (TPSA) is 84.9 Å². The number of amides is 1. The second-order valence-corrected chi connectivity index (χ2v) is 6.68. The first-order chi connectivity index (χ1) is 14.6. The molecular weight excluding hydrogens is 382 g/mol. The van der Waals surface area contributed by atoms with Crippen molar-refractivity contribution in [1.82, 2.24) is 5.32 Å². The Hall–Kier alpha value is -3.80. The van der Waals surface area contributed by atoms with Gasteiger partial charge in [0.25, 0.3) is 5.91 Å². The lowest BCUT2D eigenvalue weighted by molar-refractivity contribution is -0.125. The summed E-state index contributed by atoms with van der Waals surface area (Å²) < 4.78 is 10.1. The van der Waals surface area contributed by atoms with Crippen LogP contribution in [0.15, 0.2) is 78.9 Å². The lowest BCUT2D eigenvalue weighted by Gasteiger charge is -2.19. The number of methoxy groups -OCH3 is 1. The predicted octanol–water partition coefficient (Wildman–Crippen LogP) is 3.66. The van der Waals surface area contributed by atoms with E-state index in [1.54, 1.807) is 0 Å². The molecule has 0 radical (unpaired) electrons. The summed E-state index contributed by atoms with van der Waals surface area (Å²) in [5.74, 6) is -1.08. The monoisotopic (exact) mass is 405 g/mol. The minimum absolute atomic E-state index is 0.0347. The molecule has 0 aliphatic heterocycles. The van der Waals surface area contributed by atoms with Gasteiger partial charge in [-0.2, -0.15) is 0 Å². The molecule has 0 heterocycles. The van der Waals surface area contributed by atoms with Crippen molar-refractivity contribution in [2.75, 3.05) is 13.7 Å². The van der Waals surface area contributed by atoms with Crippen molar-refractivity contribution in [1.29, 1.82) is 0 Å². The van der Waals surface area contributed by atoms with E-state index in [1.807, 2.05) is 60.7 Å². The van der Waals surface area contributed by atoms with Crippen LogP contribution in [0.4, 0.5) is 0 Å². The fraction of sp³-hybridized carbons (Fsp3) is 0.167. The van der Waals surface area contributed by atoms with Gasteiger partial charge in [0.2, 0.25) is 0 Å². The first-order valence-corrected chi connectivity index (χ1v) is 9.49. The summed E-state index contributed by atoms with van der Waals surface area (Å²) in [6, 6.07) is 23.4. The van der Waals surface area contributed by atoms with E-state index in [-0.39, 0.29) is 17.4 Å². The summed E-state index contributed by atoms with van der Waals surface area (Å²) >= 11 is 0. The molecule has 0 aromatic heterocycles. The number of esters is 1. The van der Waals surface area contributed by atoms with Crippen LogP contribution in [0.1, 0.15) is 27.5 Å². The van der Waals surface area contributed by atoms with Crippen molar-refractivity contribution in [2.45, 2.75) is 12.5 Å². The molecule has 30 heavy (non-hydrogen) atoms. The number of ether oxygens (including phenoxy) is 2. The van der Waals surface area contributed by atoms with Crippen molar-refractivity contribution in [3.05, 3.63) is 95.6 Å². The van der Waals surface area contributed by atoms with Crippen molar-refractivity contribution >= 4 is 11.9 Å². The highest BCUT2D eigenvalue weighted by atomic mass is 16.5. The third kappa shape index (κ3) is 5.61. The summed E-state index contributed by atoms with van der Waals surface area (Å²) in [7, 11) is 1.45. The van der Waals surface area contributed by atoms with E-state index in [0.717, 1.165) is 11.1 Å². The lowest BCUT2D eigenvalue weighted by Crippen LogP contribution is -2.33. The van der Waals surface area contributed by atoms with Gasteiger partial charge >= 0.3 is 5.97 Å². The Kier molecular flexibility index (Phi) is 7.05. The highest BCUT2D eigenvalue weighted by Crippen LogP contribution is 2.24. The number of phenolic OH excluding ortho intramolecular Hbond substituents is 1.